The number of Topliss-reactive ketones (excluding diaryl/α,β-unsaturated/α-hetero) is 1. The topological polar surface area (TPSA) is 26.3 Å². The van der Waals surface area contributed by atoms with Gasteiger partial charge in [0.05, 0.1) is 0 Å². The van der Waals surface area contributed by atoms with E-state index in [4.69, 9.17) is 16.3 Å². The summed E-state index contributed by atoms with van der Waals surface area (Å²) < 4.78 is 5.68. The number of benzene rings is 2. The minimum atomic E-state index is 0.165. The zero-order chi connectivity index (χ0) is 14.5. The molecule has 104 valence electrons. The van der Waals surface area contributed by atoms with E-state index >= 15 is 0 Å². The third kappa shape index (κ3) is 4.10. The first-order valence-corrected chi connectivity index (χ1v) is 6.99. The van der Waals surface area contributed by atoms with E-state index in [-0.39, 0.29) is 5.78 Å². The van der Waals surface area contributed by atoms with Crippen molar-refractivity contribution in [1.82, 2.24) is 0 Å². The zero-order valence-electron chi connectivity index (χ0n) is 11.6. The first-order chi connectivity index (χ1) is 9.54. The summed E-state index contributed by atoms with van der Waals surface area (Å²) in [6.45, 7) is 4.08. The lowest BCUT2D eigenvalue weighted by Gasteiger charge is -2.07. The Kier molecular flexibility index (Phi) is 4.80. The molecule has 20 heavy (non-hydrogen) atoms. The molecule has 0 radical (unpaired) electrons. The smallest absolute Gasteiger partial charge is 0.163 e. The highest BCUT2D eigenvalue weighted by atomic mass is 35.5. The predicted octanol–water partition coefficient (Wildman–Crippen LogP) is 5.36. The maximum Gasteiger partial charge on any atom is 0.163 e. The Bertz CT molecular complexity index is 571. The standard InChI is InChI=1S/C17H17ClO2/c1-12(2)11-17(19)13-3-7-15(8-4-13)20-16-9-5-14(18)6-10-16/h3-10,12H,11H2,1-2H3. The predicted molar refractivity (Wildman–Crippen MR) is 81.8 cm³/mol. The summed E-state index contributed by atoms with van der Waals surface area (Å²) in [6.07, 6.45) is 0.567. The second-order valence-corrected chi connectivity index (χ2v) is 5.54. The third-order valence-corrected chi connectivity index (χ3v) is 3.07. The Labute approximate surface area is 124 Å². The van der Waals surface area contributed by atoms with Gasteiger partial charge in [-0.1, -0.05) is 25.4 Å². The van der Waals surface area contributed by atoms with Crippen LogP contribution >= 0.6 is 11.6 Å². The van der Waals surface area contributed by atoms with Gasteiger partial charge in [0.25, 0.3) is 0 Å². The van der Waals surface area contributed by atoms with Crippen LogP contribution in [0.4, 0.5) is 0 Å². The number of hydrogen-bond donors (Lipinski definition) is 0. The second kappa shape index (κ2) is 6.58. The molecule has 0 saturated carbocycles. The van der Waals surface area contributed by atoms with Gasteiger partial charge in [-0.3, -0.25) is 4.79 Å². The van der Waals surface area contributed by atoms with Gasteiger partial charge in [0, 0.05) is 17.0 Å². The highest BCUT2D eigenvalue weighted by Crippen LogP contribution is 2.23. The van der Waals surface area contributed by atoms with Gasteiger partial charge >= 0.3 is 0 Å². The van der Waals surface area contributed by atoms with Crippen LogP contribution in [0.5, 0.6) is 11.5 Å². The van der Waals surface area contributed by atoms with E-state index in [9.17, 15) is 4.79 Å². The summed E-state index contributed by atoms with van der Waals surface area (Å²) in [4.78, 5) is 11.9. The molecule has 2 rings (SSSR count). The molecule has 0 heterocycles. The van der Waals surface area contributed by atoms with Crippen molar-refractivity contribution in [3.05, 3.63) is 59.1 Å². The first kappa shape index (κ1) is 14.6. The van der Waals surface area contributed by atoms with Crippen molar-refractivity contribution < 1.29 is 9.53 Å². The van der Waals surface area contributed by atoms with Gasteiger partial charge in [0.15, 0.2) is 5.78 Å². The quantitative estimate of drug-likeness (QED) is 0.692. The summed E-state index contributed by atoms with van der Waals surface area (Å²) in [7, 11) is 0. The van der Waals surface area contributed by atoms with Crippen molar-refractivity contribution in [3.63, 3.8) is 0 Å². The van der Waals surface area contributed by atoms with E-state index in [0.29, 0.717) is 23.1 Å². The molecule has 2 nitrogen and oxygen atoms in total. The molecule has 0 spiro atoms. The van der Waals surface area contributed by atoms with Crippen molar-refractivity contribution in [1.29, 1.82) is 0 Å². The summed E-state index contributed by atoms with van der Waals surface area (Å²) in [5.41, 5.74) is 0.724. The van der Waals surface area contributed by atoms with Crippen LogP contribution in [-0.4, -0.2) is 5.78 Å². The zero-order valence-corrected chi connectivity index (χ0v) is 12.4. The molecule has 2 aromatic rings. The van der Waals surface area contributed by atoms with Crippen LogP contribution in [-0.2, 0) is 0 Å². The van der Waals surface area contributed by atoms with Gasteiger partial charge in [-0.25, -0.2) is 0 Å². The third-order valence-electron chi connectivity index (χ3n) is 2.82. The van der Waals surface area contributed by atoms with Crippen LogP contribution in [0, 0.1) is 5.92 Å². The fourth-order valence-electron chi connectivity index (χ4n) is 1.84. The van der Waals surface area contributed by atoms with Gasteiger partial charge < -0.3 is 4.74 Å². The Morgan fingerprint density at radius 1 is 1.00 bits per heavy atom. The number of rotatable bonds is 5. The molecule has 0 fully saturated rings. The van der Waals surface area contributed by atoms with Crippen molar-refractivity contribution >= 4 is 17.4 Å². The monoisotopic (exact) mass is 288 g/mol. The number of carbonyl (C=O) groups excluding carboxylic acids is 1. The molecule has 0 N–H and O–H groups in total. The molecule has 0 aliphatic rings. The van der Waals surface area contributed by atoms with Crippen LogP contribution < -0.4 is 4.74 Å². The number of carbonyl (C=O) groups is 1. The lowest BCUT2D eigenvalue weighted by Crippen LogP contribution is -2.03. The summed E-state index contributed by atoms with van der Waals surface area (Å²) >= 11 is 5.82. The molecule has 0 amide bonds. The maximum atomic E-state index is 11.9. The van der Waals surface area contributed by atoms with Gasteiger partial charge in [-0.15, -0.1) is 0 Å². The molecule has 0 unspecified atom stereocenters. The largest absolute Gasteiger partial charge is 0.457 e. The van der Waals surface area contributed by atoms with Gasteiger partial charge in [0.1, 0.15) is 11.5 Å². The fourth-order valence-corrected chi connectivity index (χ4v) is 1.96. The fraction of sp³-hybridized carbons (Fsp3) is 0.235. The Hall–Kier alpha value is -1.80. The number of halogens is 1. The molecule has 0 aliphatic carbocycles. The van der Waals surface area contributed by atoms with Crippen LogP contribution in [0.25, 0.3) is 0 Å². The highest BCUT2D eigenvalue weighted by molar-refractivity contribution is 6.30. The van der Waals surface area contributed by atoms with Gasteiger partial charge in [-0.2, -0.15) is 0 Å². The van der Waals surface area contributed by atoms with E-state index < -0.39 is 0 Å². The average molecular weight is 289 g/mol. The lowest BCUT2D eigenvalue weighted by atomic mass is 10.0. The molecule has 2 aromatic carbocycles. The highest BCUT2D eigenvalue weighted by Gasteiger charge is 2.08. The van der Waals surface area contributed by atoms with Crippen LogP contribution in [0.2, 0.25) is 5.02 Å². The number of ether oxygens (including phenoxy) is 1. The maximum absolute atomic E-state index is 11.9. The van der Waals surface area contributed by atoms with Gasteiger partial charge in [0.2, 0.25) is 0 Å². The number of hydrogen-bond acceptors (Lipinski definition) is 2. The van der Waals surface area contributed by atoms with Crippen LogP contribution in [0.3, 0.4) is 0 Å². The Morgan fingerprint density at radius 2 is 1.50 bits per heavy atom. The van der Waals surface area contributed by atoms with E-state index in [1.54, 1.807) is 36.4 Å². The van der Waals surface area contributed by atoms with E-state index in [1.165, 1.54) is 0 Å². The van der Waals surface area contributed by atoms with Crippen LogP contribution in [0.15, 0.2) is 48.5 Å². The normalized spacial score (nSPS) is 10.6. The SMILES string of the molecule is CC(C)CC(=O)c1ccc(Oc2ccc(Cl)cc2)cc1. The summed E-state index contributed by atoms with van der Waals surface area (Å²) in [5.74, 6) is 1.95. The number of ketones is 1. The first-order valence-electron chi connectivity index (χ1n) is 6.61. The lowest BCUT2D eigenvalue weighted by molar-refractivity contribution is 0.0968. The molecular formula is C17H17ClO2. The molecule has 0 aliphatic heterocycles. The Morgan fingerprint density at radius 3 is 2.00 bits per heavy atom. The van der Waals surface area contributed by atoms with Gasteiger partial charge in [-0.05, 0) is 54.4 Å². The Balaban J connectivity index is 2.04. The molecule has 3 heteroatoms. The van der Waals surface area contributed by atoms with Crippen molar-refractivity contribution in [3.8, 4) is 11.5 Å². The van der Waals surface area contributed by atoms with Crippen LogP contribution in [0.1, 0.15) is 30.6 Å². The van der Waals surface area contributed by atoms with E-state index in [1.807, 2.05) is 26.0 Å². The van der Waals surface area contributed by atoms with E-state index in [2.05, 4.69) is 0 Å². The van der Waals surface area contributed by atoms with Crippen molar-refractivity contribution in [2.24, 2.45) is 5.92 Å². The van der Waals surface area contributed by atoms with E-state index in [0.717, 1.165) is 11.3 Å². The minimum absolute atomic E-state index is 0.165. The minimum Gasteiger partial charge on any atom is -0.457 e. The molecule has 0 aromatic heterocycles. The van der Waals surface area contributed by atoms with Crippen molar-refractivity contribution in [2.45, 2.75) is 20.3 Å². The molecule has 0 atom stereocenters. The molecule has 0 bridgehead atoms. The summed E-state index contributed by atoms with van der Waals surface area (Å²) in [5, 5.41) is 0.673. The summed E-state index contributed by atoms with van der Waals surface area (Å²) in [6, 6.07) is 14.4. The average Bonchev–Trinajstić information content (AvgIpc) is 2.41. The molecule has 0 saturated heterocycles. The second-order valence-electron chi connectivity index (χ2n) is 5.10. The molecular weight excluding hydrogens is 272 g/mol. The van der Waals surface area contributed by atoms with Crippen molar-refractivity contribution in [2.75, 3.05) is 0 Å².